The summed E-state index contributed by atoms with van der Waals surface area (Å²) in [6.45, 7) is 2.34. The van der Waals surface area contributed by atoms with Gasteiger partial charge < -0.3 is 20.9 Å². The number of pyridine rings is 3. The molecule has 474 valence electrons. The van der Waals surface area contributed by atoms with Crippen LogP contribution in [0.4, 0.5) is 0 Å². The van der Waals surface area contributed by atoms with Crippen LogP contribution in [0.2, 0.25) is 0 Å². The quantitative estimate of drug-likeness (QED) is 0.0549. The fourth-order valence-electron chi connectivity index (χ4n) is 12.1. The number of fused-ring (bicyclic) bond motifs is 2. The van der Waals surface area contributed by atoms with Crippen LogP contribution in [-0.4, -0.2) is 57.2 Å². The van der Waals surface area contributed by atoms with Crippen molar-refractivity contribution in [1.29, 1.82) is 0 Å². The van der Waals surface area contributed by atoms with E-state index in [1.165, 1.54) is 0 Å². The van der Waals surface area contributed by atoms with E-state index in [9.17, 15) is 14.4 Å². The number of amides is 3. The van der Waals surface area contributed by atoms with Crippen molar-refractivity contribution in [2.75, 3.05) is 0 Å². The van der Waals surface area contributed by atoms with Crippen LogP contribution in [0.5, 0.6) is 0 Å². The minimum atomic E-state index is -0.280. The first kappa shape index (κ1) is 64.0. The first-order chi connectivity index (χ1) is 47.3. The molecule has 0 saturated carbocycles. The number of aryl methyl sites for hydroxylation is 1. The van der Waals surface area contributed by atoms with Gasteiger partial charge in [0.2, 0.25) is 17.7 Å². The second-order valence-corrected chi connectivity index (χ2v) is 23.4. The average molecular weight is 1260 g/mol. The smallest absolute Gasteiger partial charge is 0.242 e. The molecule has 0 bridgehead atoms. The molecule has 14 heteroatoms. The molecule has 0 radical (unpaired) electrons. The van der Waals surface area contributed by atoms with Crippen molar-refractivity contribution >= 4 is 39.5 Å². The lowest BCUT2D eigenvalue weighted by Crippen LogP contribution is -2.33. The van der Waals surface area contributed by atoms with Gasteiger partial charge in [0.1, 0.15) is 13.1 Å². The summed E-state index contributed by atoms with van der Waals surface area (Å²) in [4.78, 5) is 56.8. The molecule has 6 aromatic heterocycles. The number of carbonyl (C=O) groups excluding carboxylic acids is 3. The number of aromatic amines is 1. The van der Waals surface area contributed by atoms with E-state index >= 15 is 0 Å². The van der Waals surface area contributed by atoms with E-state index in [0.29, 0.717) is 25.7 Å². The summed E-state index contributed by atoms with van der Waals surface area (Å²) in [5.41, 5.74) is 16.4. The first-order valence-electron chi connectivity index (χ1n) is 32.2. The van der Waals surface area contributed by atoms with Crippen molar-refractivity contribution in [3.8, 4) is 33.4 Å². The van der Waals surface area contributed by atoms with Crippen LogP contribution in [0.1, 0.15) is 63.2 Å². The number of nitrogens with zero attached hydrogens (tertiary/aromatic N) is 7. The van der Waals surface area contributed by atoms with E-state index in [1.54, 1.807) is 52.6 Å². The summed E-state index contributed by atoms with van der Waals surface area (Å²) in [6.07, 6.45) is 12.9. The third kappa shape index (κ3) is 16.7. The third-order valence-corrected chi connectivity index (χ3v) is 16.7. The second kappa shape index (κ2) is 31.9. The fourth-order valence-corrected chi connectivity index (χ4v) is 12.1. The summed E-state index contributed by atoms with van der Waals surface area (Å²) >= 11 is 0. The molecule has 8 aromatic carbocycles. The van der Waals surface area contributed by atoms with E-state index in [0.717, 1.165) is 100 Å². The number of nitrogens with one attached hydrogen (secondary N) is 4. The van der Waals surface area contributed by atoms with E-state index in [2.05, 4.69) is 133 Å². The third-order valence-electron chi connectivity index (χ3n) is 16.7. The van der Waals surface area contributed by atoms with E-state index in [-0.39, 0.29) is 48.9 Å². The van der Waals surface area contributed by atoms with E-state index < -0.39 is 0 Å². The number of para-hydroxylation sites is 2. The Labute approximate surface area is 558 Å². The van der Waals surface area contributed by atoms with Gasteiger partial charge in [0.05, 0.1) is 53.3 Å². The lowest BCUT2D eigenvalue weighted by atomic mass is 9.95. The minimum Gasteiger partial charge on any atom is -0.358 e. The molecular weight excluding hydrogens is 1190 g/mol. The zero-order chi connectivity index (χ0) is 65.7. The highest BCUT2D eigenvalue weighted by atomic mass is 16.2. The normalized spacial score (nSPS) is 11.8. The van der Waals surface area contributed by atoms with Gasteiger partial charge in [0.15, 0.2) is 0 Å². The Morgan fingerprint density at radius 1 is 0.406 bits per heavy atom. The molecule has 14 aromatic rings. The SMILES string of the molecule is Cc1[nH]c2ccccc2c1CC(=O)N[C@@H](Cc1ccccc1)c1ncccc1-c1ccccc1.O=C(Cn1cccn1)N[C@@H](Cc1ccccc1)c1ncccc1-c1ccccc1.O=C(Cn1ncc2ccccc21)N[C@@H](Cc1ccccc1)c1ncccc1-c1ccccc1. The molecule has 0 aliphatic heterocycles. The zero-order valence-corrected chi connectivity index (χ0v) is 53.3. The molecule has 0 aliphatic carbocycles. The molecule has 0 spiro atoms. The second-order valence-electron chi connectivity index (χ2n) is 23.4. The van der Waals surface area contributed by atoms with Crippen molar-refractivity contribution in [2.24, 2.45) is 0 Å². The Hall–Kier alpha value is -12.2. The Kier molecular flexibility index (Phi) is 21.3. The van der Waals surface area contributed by atoms with Gasteiger partial charge in [-0.3, -0.25) is 38.7 Å². The maximum atomic E-state index is 13.4. The van der Waals surface area contributed by atoms with Crippen LogP contribution in [-0.2, 0) is 53.2 Å². The number of rotatable bonds is 21. The maximum absolute atomic E-state index is 13.4. The molecule has 6 heterocycles. The molecule has 14 nitrogen and oxygen atoms in total. The predicted octanol–water partition coefficient (Wildman–Crippen LogP) is 15.4. The molecule has 3 amide bonds. The molecule has 14 rings (SSSR count). The summed E-state index contributed by atoms with van der Waals surface area (Å²) < 4.78 is 3.35. The van der Waals surface area contributed by atoms with Crippen molar-refractivity contribution in [2.45, 2.75) is 63.8 Å². The topological polar surface area (TPSA) is 177 Å². The summed E-state index contributed by atoms with van der Waals surface area (Å²) in [6, 6.07) is 90.1. The maximum Gasteiger partial charge on any atom is 0.242 e. The molecular formula is C82H73N11O3. The van der Waals surface area contributed by atoms with Gasteiger partial charge >= 0.3 is 0 Å². The molecule has 3 atom stereocenters. The highest BCUT2D eigenvalue weighted by Crippen LogP contribution is 2.33. The first-order valence-corrected chi connectivity index (χ1v) is 32.2. The number of hydrogen-bond acceptors (Lipinski definition) is 8. The van der Waals surface area contributed by atoms with Crippen LogP contribution < -0.4 is 16.0 Å². The largest absolute Gasteiger partial charge is 0.358 e. The zero-order valence-electron chi connectivity index (χ0n) is 53.3. The number of aromatic nitrogens is 8. The molecule has 96 heavy (non-hydrogen) atoms. The Bertz CT molecular complexity index is 4780. The van der Waals surface area contributed by atoms with Gasteiger partial charge in [-0.25, -0.2) is 0 Å². The number of carbonyl (C=O) groups is 3. The number of hydrogen-bond donors (Lipinski definition) is 4. The Morgan fingerprint density at radius 2 is 0.812 bits per heavy atom. The van der Waals surface area contributed by atoms with Crippen LogP contribution in [0.25, 0.3) is 55.2 Å². The highest BCUT2D eigenvalue weighted by molar-refractivity contribution is 5.90. The molecule has 4 N–H and O–H groups in total. The average Bonchev–Trinajstić information content (AvgIpc) is 1.57. The van der Waals surface area contributed by atoms with Gasteiger partial charge in [-0.2, -0.15) is 10.2 Å². The lowest BCUT2D eigenvalue weighted by Gasteiger charge is -2.21. The molecule has 0 saturated heterocycles. The minimum absolute atomic E-state index is 0.0153. The highest BCUT2D eigenvalue weighted by Gasteiger charge is 2.25. The lowest BCUT2D eigenvalue weighted by molar-refractivity contribution is -0.123. The van der Waals surface area contributed by atoms with Gasteiger partial charge in [0.25, 0.3) is 0 Å². The van der Waals surface area contributed by atoms with Crippen molar-refractivity contribution in [1.82, 2.24) is 55.4 Å². The van der Waals surface area contributed by atoms with Crippen LogP contribution >= 0.6 is 0 Å². The summed E-state index contributed by atoms with van der Waals surface area (Å²) in [5.74, 6) is -0.216. The number of H-pyrrole nitrogens is 1. The van der Waals surface area contributed by atoms with E-state index in [4.69, 9.17) is 9.97 Å². The van der Waals surface area contributed by atoms with Crippen molar-refractivity contribution in [3.05, 3.63) is 355 Å². The van der Waals surface area contributed by atoms with Gasteiger partial charge in [-0.15, -0.1) is 0 Å². The molecule has 0 aliphatic rings. The standard InChI is InChI=1S/C30H27N3O.C28H24N4O.C24H22N4O/c1-21-26(25-15-8-9-17-27(25)32-21)20-29(34)33-28(19-22-11-4-2-5-12-22)30-24(16-10-18-31-30)23-13-6-3-7-14-23;33-27(20-32-26-16-8-7-14-23(26)19-30-32)31-25(18-21-10-3-1-4-11-21)28-24(15-9-17-29-28)22-12-5-2-6-13-22;29-23(18-28-16-8-15-26-28)27-22(17-19-9-3-1-4-10-19)24-21(13-7-14-25-24)20-11-5-2-6-12-20/h2-18,28,32H,19-20H2,1H3,(H,33,34);1-17,19,25H,18,20H2,(H,31,33);1-16,22H,17-18H2,(H,27,29)/t28-;25-;22-/m000/s1. The summed E-state index contributed by atoms with van der Waals surface area (Å²) in [5, 5.41) is 20.3. The molecule has 0 fully saturated rings. The van der Waals surface area contributed by atoms with E-state index in [1.807, 2.05) is 177 Å². The van der Waals surface area contributed by atoms with Crippen molar-refractivity contribution in [3.63, 3.8) is 0 Å². The Morgan fingerprint density at radius 3 is 1.27 bits per heavy atom. The molecule has 0 unspecified atom stereocenters. The van der Waals surface area contributed by atoms with Gasteiger partial charge in [-0.05, 0) is 102 Å². The number of benzene rings is 8. The monoisotopic (exact) mass is 1260 g/mol. The van der Waals surface area contributed by atoms with Crippen molar-refractivity contribution < 1.29 is 14.4 Å². The van der Waals surface area contributed by atoms with Gasteiger partial charge in [-0.1, -0.05) is 237 Å². The van der Waals surface area contributed by atoms with Crippen LogP contribution in [0, 0.1) is 6.92 Å². The Balaban J connectivity index is 0.000000138. The van der Waals surface area contributed by atoms with Gasteiger partial charge in [0, 0.05) is 69.7 Å². The summed E-state index contributed by atoms with van der Waals surface area (Å²) in [7, 11) is 0. The van der Waals surface area contributed by atoms with Crippen LogP contribution in [0.3, 0.4) is 0 Å². The predicted molar refractivity (Wildman–Crippen MR) is 381 cm³/mol. The fraction of sp³-hybridized carbons (Fsp3) is 0.122. The van der Waals surface area contributed by atoms with Crippen LogP contribution in [0.15, 0.2) is 310 Å².